The van der Waals surface area contributed by atoms with Gasteiger partial charge >= 0.3 is 0 Å². The van der Waals surface area contributed by atoms with Crippen LogP contribution in [0.5, 0.6) is 5.88 Å². The van der Waals surface area contributed by atoms with Crippen LogP contribution in [-0.4, -0.2) is 21.4 Å². The Morgan fingerprint density at radius 3 is 2.62 bits per heavy atom. The third kappa shape index (κ3) is 2.64. The SMILES string of the molecule is OCc1ccc(N=Cc2c(O)[nH]c3ccc(F)cc23)cc1. The molecule has 1 aromatic heterocycles. The second kappa shape index (κ2) is 5.38. The lowest BCUT2D eigenvalue weighted by Crippen LogP contribution is -1.82. The topological polar surface area (TPSA) is 68.6 Å². The number of aliphatic hydroxyl groups excluding tert-OH is 1. The molecule has 0 saturated carbocycles. The summed E-state index contributed by atoms with van der Waals surface area (Å²) in [6.07, 6.45) is 1.49. The van der Waals surface area contributed by atoms with Crippen LogP contribution in [0.25, 0.3) is 10.9 Å². The maximum Gasteiger partial charge on any atom is 0.198 e. The third-order valence-electron chi connectivity index (χ3n) is 3.24. The molecule has 3 rings (SSSR count). The van der Waals surface area contributed by atoms with Gasteiger partial charge in [-0.05, 0) is 35.9 Å². The van der Waals surface area contributed by atoms with E-state index in [0.29, 0.717) is 22.2 Å². The Morgan fingerprint density at radius 2 is 1.90 bits per heavy atom. The standard InChI is InChI=1S/C16H13FN2O2/c17-11-3-6-15-13(7-11)14(16(21)19-15)8-18-12-4-1-10(9-20)2-5-12/h1-8,19-21H,9H2. The molecule has 2 aromatic carbocycles. The molecule has 0 unspecified atom stereocenters. The molecule has 4 nitrogen and oxygen atoms in total. The highest BCUT2D eigenvalue weighted by Gasteiger charge is 2.09. The van der Waals surface area contributed by atoms with Gasteiger partial charge in [0.2, 0.25) is 0 Å². The second-order valence-corrected chi connectivity index (χ2v) is 4.66. The number of aromatic nitrogens is 1. The molecule has 106 valence electrons. The molecule has 0 bridgehead atoms. The first-order valence-corrected chi connectivity index (χ1v) is 6.41. The largest absolute Gasteiger partial charge is 0.494 e. The maximum atomic E-state index is 13.3. The number of aromatic hydroxyl groups is 1. The summed E-state index contributed by atoms with van der Waals surface area (Å²) in [7, 11) is 0. The molecule has 1 heterocycles. The van der Waals surface area contributed by atoms with Gasteiger partial charge in [-0.25, -0.2) is 4.39 Å². The minimum Gasteiger partial charge on any atom is -0.494 e. The summed E-state index contributed by atoms with van der Waals surface area (Å²) in [6, 6.07) is 11.3. The molecule has 0 aliphatic rings. The fraction of sp³-hybridized carbons (Fsp3) is 0.0625. The van der Waals surface area contributed by atoms with Gasteiger partial charge in [-0.3, -0.25) is 4.99 Å². The molecule has 5 heteroatoms. The molecule has 0 fully saturated rings. The number of aliphatic hydroxyl groups is 1. The molecule has 0 saturated heterocycles. The molecule has 0 spiro atoms. The second-order valence-electron chi connectivity index (χ2n) is 4.66. The molecular weight excluding hydrogens is 271 g/mol. The first kappa shape index (κ1) is 13.3. The van der Waals surface area contributed by atoms with Crippen LogP contribution in [0, 0.1) is 5.82 Å². The van der Waals surface area contributed by atoms with Crippen LogP contribution in [0.1, 0.15) is 11.1 Å². The summed E-state index contributed by atoms with van der Waals surface area (Å²) < 4.78 is 13.3. The van der Waals surface area contributed by atoms with E-state index in [1.807, 2.05) is 0 Å². The van der Waals surface area contributed by atoms with Crippen LogP contribution in [0.15, 0.2) is 47.5 Å². The van der Waals surface area contributed by atoms with Crippen LogP contribution < -0.4 is 0 Å². The van der Waals surface area contributed by atoms with E-state index < -0.39 is 0 Å². The normalized spacial score (nSPS) is 11.5. The van der Waals surface area contributed by atoms with Gasteiger partial charge in [0.1, 0.15) is 5.82 Å². The maximum absolute atomic E-state index is 13.3. The lowest BCUT2D eigenvalue weighted by molar-refractivity contribution is 0.282. The van der Waals surface area contributed by atoms with Crippen molar-refractivity contribution in [1.82, 2.24) is 4.98 Å². The lowest BCUT2D eigenvalue weighted by Gasteiger charge is -1.97. The van der Waals surface area contributed by atoms with Crippen LogP contribution in [0.3, 0.4) is 0 Å². The number of H-pyrrole nitrogens is 1. The highest BCUT2D eigenvalue weighted by Crippen LogP contribution is 2.27. The number of rotatable bonds is 3. The fourth-order valence-corrected chi connectivity index (χ4v) is 2.13. The molecular formula is C16H13FN2O2. The van der Waals surface area contributed by atoms with E-state index in [-0.39, 0.29) is 18.3 Å². The number of hydrogen-bond acceptors (Lipinski definition) is 3. The number of fused-ring (bicyclic) bond motifs is 1. The zero-order valence-electron chi connectivity index (χ0n) is 11.0. The van der Waals surface area contributed by atoms with Gasteiger partial charge < -0.3 is 15.2 Å². The number of halogens is 1. The predicted molar refractivity (Wildman–Crippen MR) is 79.5 cm³/mol. The lowest BCUT2D eigenvalue weighted by atomic mass is 10.2. The van der Waals surface area contributed by atoms with E-state index in [9.17, 15) is 9.50 Å². The fourth-order valence-electron chi connectivity index (χ4n) is 2.13. The number of nitrogens with one attached hydrogen (secondary N) is 1. The van der Waals surface area contributed by atoms with Crippen molar-refractivity contribution >= 4 is 22.8 Å². The summed E-state index contributed by atoms with van der Waals surface area (Å²) in [5, 5.41) is 19.4. The minimum absolute atomic E-state index is 0.0213. The van der Waals surface area contributed by atoms with Gasteiger partial charge in [-0.1, -0.05) is 12.1 Å². The van der Waals surface area contributed by atoms with Crippen molar-refractivity contribution in [1.29, 1.82) is 0 Å². The Labute approximate surface area is 120 Å². The van der Waals surface area contributed by atoms with Gasteiger partial charge in [-0.2, -0.15) is 0 Å². The smallest absolute Gasteiger partial charge is 0.198 e. The average molecular weight is 284 g/mol. The van der Waals surface area contributed by atoms with Crippen molar-refractivity contribution in [3.05, 3.63) is 59.4 Å². The van der Waals surface area contributed by atoms with Crippen molar-refractivity contribution in [2.45, 2.75) is 6.61 Å². The molecule has 0 aliphatic carbocycles. The number of aromatic amines is 1. The highest BCUT2D eigenvalue weighted by molar-refractivity contribution is 6.02. The van der Waals surface area contributed by atoms with Crippen LogP contribution in [-0.2, 0) is 6.61 Å². The monoisotopic (exact) mass is 284 g/mol. The number of hydrogen-bond donors (Lipinski definition) is 3. The van der Waals surface area contributed by atoms with Gasteiger partial charge in [0.05, 0.1) is 17.9 Å². The molecule has 0 atom stereocenters. The quantitative estimate of drug-likeness (QED) is 0.646. The molecule has 21 heavy (non-hydrogen) atoms. The van der Waals surface area contributed by atoms with E-state index in [1.54, 1.807) is 30.3 Å². The molecule has 0 radical (unpaired) electrons. The van der Waals surface area contributed by atoms with Gasteiger partial charge in [0, 0.05) is 17.1 Å². The Bertz CT molecular complexity index is 807. The average Bonchev–Trinajstić information content (AvgIpc) is 2.80. The van der Waals surface area contributed by atoms with Gasteiger partial charge in [0.25, 0.3) is 0 Å². The zero-order valence-corrected chi connectivity index (χ0v) is 11.0. The first-order valence-electron chi connectivity index (χ1n) is 6.41. The molecule has 3 N–H and O–H groups in total. The van der Waals surface area contributed by atoms with Crippen molar-refractivity contribution in [2.24, 2.45) is 4.99 Å². The van der Waals surface area contributed by atoms with Crippen molar-refractivity contribution < 1.29 is 14.6 Å². The number of benzene rings is 2. The Kier molecular flexibility index (Phi) is 3.41. The van der Waals surface area contributed by atoms with E-state index >= 15 is 0 Å². The third-order valence-corrected chi connectivity index (χ3v) is 3.24. The number of nitrogens with zero attached hydrogens (tertiary/aromatic N) is 1. The molecule has 3 aromatic rings. The summed E-state index contributed by atoms with van der Waals surface area (Å²) in [6.45, 7) is -0.0213. The highest BCUT2D eigenvalue weighted by atomic mass is 19.1. The van der Waals surface area contributed by atoms with Gasteiger partial charge in [0.15, 0.2) is 5.88 Å². The predicted octanol–water partition coefficient (Wildman–Crippen LogP) is 3.26. The van der Waals surface area contributed by atoms with Crippen LogP contribution >= 0.6 is 0 Å². The van der Waals surface area contributed by atoms with Crippen LogP contribution in [0.4, 0.5) is 10.1 Å². The van der Waals surface area contributed by atoms with E-state index in [0.717, 1.165) is 5.56 Å². The molecule has 0 amide bonds. The van der Waals surface area contributed by atoms with Crippen LogP contribution in [0.2, 0.25) is 0 Å². The van der Waals surface area contributed by atoms with Crippen molar-refractivity contribution in [3.8, 4) is 5.88 Å². The first-order chi connectivity index (χ1) is 10.2. The number of aliphatic imine (C=N–C) groups is 1. The Hall–Kier alpha value is -2.66. The summed E-state index contributed by atoms with van der Waals surface area (Å²) >= 11 is 0. The van der Waals surface area contributed by atoms with Crippen molar-refractivity contribution in [2.75, 3.05) is 0 Å². The summed E-state index contributed by atoms with van der Waals surface area (Å²) in [5.41, 5.74) is 2.56. The summed E-state index contributed by atoms with van der Waals surface area (Å²) in [4.78, 5) is 7.03. The Morgan fingerprint density at radius 1 is 1.14 bits per heavy atom. The van der Waals surface area contributed by atoms with E-state index in [1.165, 1.54) is 18.3 Å². The zero-order chi connectivity index (χ0) is 14.8. The molecule has 0 aliphatic heterocycles. The van der Waals surface area contributed by atoms with Gasteiger partial charge in [-0.15, -0.1) is 0 Å². The Balaban J connectivity index is 1.98. The summed E-state index contributed by atoms with van der Waals surface area (Å²) in [5.74, 6) is -0.422. The van der Waals surface area contributed by atoms with E-state index in [2.05, 4.69) is 9.98 Å². The van der Waals surface area contributed by atoms with Crippen molar-refractivity contribution in [3.63, 3.8) is 0 Å². The van der Waals surface area contributed by atoms with E-state index in [4.69, 9.17) is 5.11 Å². The minimum atomic E-state index is -0.372.